The maximum Gasteiger partial charge on any atom is 0.342 e. The minimum Gasteiger partial charge on any atom is -0.274 e. The zero-order valence-electron chi connectivity index (χ0n) is 11.7. The summed E-state index contributed by atoms with van der Waals surface area (Å²) in [5.41, 5.74) is 2.74. The molecule has 5 heteroatoms. The molecular weight excluding hydrogens is 280 g/mol. The standard InChI is InChI=1S/C17H12N2O3/c20-15-9-11-5-1-3-7-13(11)18(15)17(22)19-14-8-4-2-6-12(14)10-16(19)21/h1-8H,9-10H2. The van der Waals surface area contributed by atoms with E-state index in [1.165, 1.54) is 0 Å². The van der Waals surface area contributed by atoms with Crippen LogP contribution in [0.3, 0.4) is 0 Å². The molecule has 2 heterocycles. The number of hydrogen-bond acceptors (Lipinski definition) is 3. The van der Waals surface area contributed by atoms with Crippen LogP contribution in [0.1, 0.15) is 11.1 Å². The van der Waals surface area contributed by atoms with Crippen LogP contribution in [0.15, 0.2) is 48.5 Å². The van der Waals surface area contributed by atoms with Gasteiger partial charge in [0.15, 0.2) is 0 Å². The SMILES string of the molecule is O=C1Cc2ccccc2N1C(=O)N1C(=O)Cc2ccccc21. The molecule has 0 atom stereocenters. The van der Waals surface area contributed by atoms with E-state index < -0.39 is 6.03 Å². The number of anilines is 2. The summed E-state index contributed by atoms with van der Waals surface area (Å²) in [6, 6.07) is 13.7. The second kappa shape index (κ2) is 4.53. The third-order valence-electron chi connectivity index (χ3n) is 4.03. The highest BCUT2D eigenvalue weighted by molar-refractivity contribution is 6.30. The molecule has 4 amide bonds. The summed E-state index contributed by atoms with van der Waals surface area (Å²) >= 11 is 0. The number of hydrogen-bond donors (Lipinski definition) is 0. The highest BCUT2D eigenvalue weighted by atomic mass is 16.2. The number of imide groups is 2. The Hall–Kier alpha value is -2.95. The van der Waals surface area contributed by atoms with Gasteiger partial charge >= 0.3 is 6.03 Å². The highest BCUT2D eigenvalue weighted by Gasteiger charge is 2.40. The third kappa shape index (κ3) is 1.69. The van der Waals surface area contributed by atoms with Gasteiger partial charge in [-0.05, 0) is 23.3 Å². The zero-order chi connectivity index (χ0) is 15.3. The molecule has 0 fully saturated rings. The zero-order valence-corrected chi connectivity index (χ0v) is 11.7. The molecule has 2 aliphatic rings. The van der Waals surface area contributed by atoms with E-state index in [1.807, 2.05) is 24.3 Å². The Morgan fingerprint density at radius 3 is 1.59 bits per heavy atom. The molecule has 22 heavy (non-hydrogen) atoms. The Morgan fingerprint density at radius 2 is 1.14 bits per heavy atom. The molecule has 108 valence electrons. The topological polar surface area (TPSA) is 57.7 Å². The van der Waals surface area contributed by atoms with Crippen molar-refractivity contribution >= 4 is 29.2 Å². The number of rotatable bonds is 0. The number of nitrogens with zero attached hydrogens (tertiary/aromatic N) is 2. The number of para-hydroxylation sites is 2. The largest absolute Gasteiger partial charge is 0.342 e. The molecule has 5 nitrogen and oxygen atoms in total. The molecule has 2 aromatic rings. The van der Waals surface area contributed by atoms with Gasteiger partial charge in [-0.25, -0.2) is 14.6 Å². The van der Waals surface area contributed by atoms with Gasteiger partial charge in [-0.2, -0.15) is 0 Å². The Labute approximate surface area is 126 Å². The number of fused-ring (bicyclic) bond motifs is 2. The second-order valence-electron chi connectivity index (χ2n) is 5.35. The van der Waals surface area contributed by atoms with Crippen molar-refractivity contribution in [3.05, 3.63) is 59.7 Å². The predicted molar refractivity (Wildman–Crippen MR) is 80.7 cm³/mol. The van der Waals surface area contributed by atoms with Gasteiger partial charge < -0.3 is 0 Å². The number of carbonyl (C=O) groups is 3. The van der Waals surface area contributed by atoms with Gasteiger partial charge in [-0.1, -0.05) is 36.4 Å². The summed E-state index contributed by atoms with van der Waals surface area (Å²) in [7, 11) is 0. The molecule has 0 saturated carbocycles. The van der Waals surface area contributed by atoms with E-state index in [4.69, 9.17) is 0 Å². The first-order chi connectivity index (χ1) is 10.7. The Morgan fingerprint density at radius 1 is 0.727 bits per heavy atom. The lowest BCUT2D eigenvalue weighted by Gasteiger charge is -2.22. The fraction of sp³-hybridized carbons (Fsp3) is 0.118. The first-order valence-corrected chi connectivity index (χ1v) is 7.02. The summed E-state index contributed by atoms with van der Waals surface area (Å²) in [6.45, 7) is 0. The van der Waals surface area contributed by atoms with Gasteiger partial charge in [-0.15, -0.1) is 0 Å². The smallest absolute Gasteiger partial charge is 0.274 e. The van der Waals surface area contributed by atoms with Gasteiger partial charge in [0.25, 0.3) is 0 Å². The predicted octanol–water partition coefficient (Wildman–Crippen LogP) is 2.29. The van der Waals surface area contributed by atoms with Crippen LogP contribution >= 0.6 is 0 Å². The molecule has 0 spiro atoms. The molecule has 0 aliphatic carbocycles. The van der Waals surface area contributed by atoms with Crippen molar-refractivity contribution in [2.45, 2.75) is 12.8 Å². The molecule has 2 aromatic carbocycles. The normalized spacial score (nSPS) is 16.0. The number of benzene rings is 2. The van der Waals surface area contributed by atoms with Gasteiger partial charge in [0.2, 0.25) is 11.8 Å². The van der Waals surface area contributed by atoms with E-state index in [9.17, 15) is 14.4 Å². The summed E-state index contributed by atoms with van der Waals surface area (Å²) in [5, 5.41) is 0. The van der Waals surface area contributed by atoms with Crippen molar-refractivity contribution in [1.82, 2.24) is 0 Å². The van der Waals surface area contributed by atoms with E-state index in [-0.39, 0.29) is 24.7 Å². The van der Waals surface area contributed by atoms with E-state index in [0.29, 0.717) is 11.4 Å². The quantitative estimate of drug-likeness (QED) is 0.748. The molecule has 0 saturated heterocycles. The van der Waals surface area contributed by atoms with Crippen molar-refractivity contribution < 1.29 is 14.4 Å². The van der Waals surface area contributed by atoms with Crippen molar-refractivity contribution in [2.24, 2.45) is 0 Å². The summed E-state index contributed by atoms with van der Waals surface area (Å²) in [6.07, 6.45) is 0.372. The molecule has 0 radical (unpaired) electrons. The first-order valence-electron chi connectivity index (χ1n) is 7.02. The van der Waals surface area contributed by atoms with Crippen LogP contribution in [0.4, 0.5) is 16.2 Å². The minimum atomic E-state index is -0.593. The second-order valence-corrected chi connectivity index (χ2v) is 5.35. The van der Waals surface area contributed by atoms with Gasteiger partial charge in [0.1, 0.15) is 0 Å². The number of urea groups is 1. The monoisotopic (exact) mass is 292 g/mol. The molecular formula is C17H12N2O3. The lowest BCUT2D eigenvalue weighted by atomic mass is 10.2. The summed E-state index contributed by atoms with van der Waals surface area (Å²) in [4.78, 5) is 39.4. The summed E-state index contributed by atoms with van der Waals surface area (Å²) in [5.74, 6) is -0.605. The molecule has 2 aliphatic heterocycles. The third-order valence-corrected chi connectivity index (χ3v) is 4.03. The van der Waals surface area contributed by atoms with Crippen molar-refractivity contribution in [3.63, 3.8) is 0 Å². The molecule has 0 N–H and O–H groups in total. The molecule has 0 bridgehead atoms. The Kier molecular flexibility index (Phi) is 2.63. The van der Waals surface area contributed by atoms with Gasteiger partial charge in [-0.3, -0.25) is 9.59 Å². The van der Waals surface area contributed by atoms with Crippen molar-refractivity contribution in [2.75, 3.05) is 9.80 Å². The Bertz CT molecular complexity index is 761. The minimum absolute atomic E-state index is 0.186. The maximum absolute atomic E-state index is 12.8. The van der Waals surface area contributed by atoms with E-state index in [2.05, 4.69) is 0 Å². The fourth-order valence-electron chi connectivity index (χ4n) is 3.03. The molecule has 0 aromatic heterocycles. The van der Waals surface area contributed by atoms with Crippen LogP contribution in [0.5, 0.6) is 0 Å². The fourth-order valence-corrected chi connectivity index (χ4v) is 3.03. The van der Waals surface area contributed by atoms with Crippen LogP contribution in [-0.4, -0.2) is 17.8 Å². The Balaban J connectivity index is 1.77. The number of carbonyl (C=O) groups excluding carboxylic acids is 3. The lowest BCUT2D eigenvalue weighted by Crippen LogP contribution is -2.46. The molecule has 4 rings (SSSR count). The van der Waals surface area contributed by atoms with Crippen LogP contribution in [0.2, 0.25) is 0 Å². The van der Waals surface area contributed by atoms with E-state index in [1.54, 1.807) is 24.3 Å². The lowest BCUT2D eigenvalue weighted by molar-refractivity contribution is -0.116. The average molecular weight is 292 g/mol. The van der Waals surface area contributed by atoms with Crippen LogP contribution in [0.25, 0.3) is 0 Å². The summed E-state index contributed by atoms with van der Waals surface area (Å²) < 4.78 is 0. The van der Waals surface area contributed by atoms with Gasteiger partial charge in [0.05, 0.1) is 24.2 Å². The molecule has 0 unspecified atom stereocenters. The highest BCUT2D eigenvalue weighted by Crippen LogP contribution is 2.34. The van der Waals surface area contributed by atoms with Crippen molar-refractivity contribution in [1.29, 1.82) is 0 Å². The van der Waals surface area contributed by atoms with E-state index >= 15 is 0 Å². The van der Waals surface area contributed by atoms with Crippen LogP contribution in [-0.2, 0) is 22.4 Å². The first kappa shape index (κ1) is 12.8. The van der Waals surface area contributed by atoms with Crippen molar-refractivity contribution in [3.8, 4) is 0 Å². The van der Waals surface area contributed by atoms with Crippen LogP contribution < -0.4 is 9.80 Å². The van der Waals surface area contributed by atoms with Gasteiger partial charge in [0, 0.05) is 0 Å². The average Bonchev–Trinajstić information content (AvgIpc) is 3.01. The van der Waals surface area contributed by atoms with Crippen LogP contribution in [0, 0.1) is 0 Å². The van der Waals surface area contributed by atoms with E-state index in [0.717, 1.165) is 20.9 Å². The maximum atomic E-state index is 12.8. The number of amides is 4.